The van der Waals surface area contributed by atoms with Crippen LogP contribution < -0.4 is 26.8 Å². The van der Waals surface area contributed by atoms with Gasteiger partial charge in [-0.15, -0.1) is 17.0 Å². The molecule has 4 aromatic carbocycles. The number of carbonyl (C=O) groups is 5. The number of aliphatic carboxylic acids is 1. The van der Waals surface area contributed by atoms with Crippen molar-refractivity contribution in [2.24, 2.45) is 5.73 Å². The molecule has 0 saturated heterocycles. The number of rotatable bonds is 15. The number of Topliss-reactive ketones (excluding diaryl/α,β-unsaturated/α-hetero) is 1. The molecule has 0 spiro atoms. The second kappa shape index (κ2) is 22.8. The summed E-state index contributed by atoms with van der Waals surface area (Å²) in [7, 11) is 0. The third kappa shape index (κ3) is 15.6. The van der Waals surface area contributed by atoms with Crippen LogP contribution in [0.25, 0.3) is 0 Å². The zero-order valence-electron chi connectivity index (χ0n) is 29.4. The molecule has 0 bridgehead atoms. The van der Waals surface area contributed by atoms with Crippen LogP contribution in [-0.2, 0) is 27.4 Å². The van der Waals surface area contributed by atoms with Gasteiger partial charge in [-0.1, -0.05) is 64.0 Å². The van der Waals surface area contributed by atoms with Gasteiger partial charge in [-0.3, -0.25) is 14.4 Å². The van der Waals surface area contributed by atoms with Crippen molar-refractivity contribution in [1.82, 2.24) is 10.6 Å². The Bertz CT molecular complexity index is 1800. The van der Waals surface area contributed by atoms with Crippen LogP contribution in [0.1, 0.15) is 63.6 Å². The van der Waals surface area contributed by atoms with Crippen LogP contribution >= 0.6 is 32.9 Å². The number of halogens is 2. The Kier molecular flexibility index (Phi) is 19.0. The fraction of sp³-hybridized carbons (Fsp3) is 0.256. The van der Waals surface area contributed by atoms with Gasteiger partial charge in [0.05, 0.1) is 0 Å². The summed E-state index contributed by atoms with van der Waals surface area (Å²) in [5, 5.41) is 15.1. The number of aryl methyl sites for hydroxylation is 1. The highest BCUT2D eigenvalue weighted by atomic mass is 79.9. The summed E-state index contributed by atoms with van der Waals surface area (Å²) in [5.41, 5.74) is 15.1. The molecule has 0 saturated carbocycles. The topological polar surface area (TPSA) is 200 Å². The van der Waals surface area contributed by atoms with Gasteiger partial charge in [0, 0.05) is 33.3 Å². The number of carboxylic acids is 1. The van der Waals surface area contributed by atoms with Gasteiger partial charge in [-0.2, -0.15) is 0 Å². The Labute approximate surface area is 327 Å². The molecule has 0 aliphatic carbocycles. The Morgan fingerprint density at radius 1 is 0.811 bits per heavy atom. The van der Waals surface area contributed by atoms with E-state index < -0.39 is 36.0 Å². The fourth-order valence-corrected chi connectivity index (χ4v) is 5.10. The fourth-order valence-electron chi connectivity index (χ4n) is 4.71. The summed E-state index contributed by atoms with van der Waals surface area (Å²) in [5.74, 6) is -1.98. The Hall–Kier alpha value is -5.05. The van der Waals surface area contributed by atoms with Crippen molar-refractivity contribution >= 4 is 68.3 Å². The summed E-state index contributed by atoms with van der Waals surface area (Å²) in [6.07, 6.45) is 0.610. The summed E-state index contributed by atoms with van der Waals surface area (Å²) in [6, 6.07) is 25.1. The highest BCUT2D eigenvalue weighted by molar-refractivity contribution is 9.10. The van der Waals surface area contributed by atoms with Crippen molar-refractivity contribution in [2.75, 3.05) is 12.3 Å². The van der Waals surface area contributed by atoms with Crippen LogP contribution in [0.2, 0.25) is 0 Å². The van der Waals surface area contributed by atoms with E-state index in [-0.39, 0.29) is 41.5 Å². The number of hydrogen-bond donors (Lipinski definition) is 5. The molecule has 282 valence electrons. The number of benzene rings is 4. The van der Waals surface area contributed by atoms with Gasteiger partial charge in [0.25, 0.3) is 5.91 Å². The number of nitrogen functional groups attached to an aromatic ring is 1. The van der Waals surface area contributed by atoms with Crippen molar-refractivity contribution in [1.29, 1.82) is 0 Å². The van der Waals surface area contributed by atoms with Crippen molar-refractivity contribution in [2.45, 2.75) is 58.2 Å². The molecule has 0 heterocycles. The quantitative estimate of drug-likeness (QED) is 0.0287. The molecule has 12 nitrogen and oxygen atoms in total. The van der Waals surface area contributed by atoms with Crippen LogP contribution in [0, 0.1) is 6.92 Å². The van der Waals surface area contributed by atoms with Crippen molar-refractivity contribution in [3.8, 4) is 5.75 Å². The SMILES string of the molecule is Br.CC(=O)c1ccc(N)cc1.Cc1ccc(C(=O)N[C@@H](CCCCN)C(=O)N[C@@H](Cc2ccc(OC(=O)OCc3ccccc3Br)cc2)C(=O)O)cc1. The van der Waals surface area contributed by atoms with Gasteiger partial charge in [0.1, 0.15) is 24.4 Å². The summed E-state index contributed by atoms with van der Waals surface area (Å²) < 4.78 is 11.1. The van der Waals surface area contributed by atoms with Gasteiger partial charge in [0.2, 0.25) is 5.91 Å². The number of nitrogens with one attached hydrogen (secondary N) is 2. The molecule has 7 N–H and O–H groups in total. The van der Waals surface area contributed by atoms with Crippen LogP contribution in [0.3, 0.4) is 0 Å². The molecule has 0 aliphatic heterocycles. The zero-order valence-corrected chi connectivity index (χ0v) is 32.7. The molecule has 53 heavy (non-hydrogen) atoms. The number of carboxylic acid groups (broad SMARTS) is 1. The molecule has 0 aliphatic rings. The van der Waals surface area contributed by atoms with Crippen LogP contribution in [0.5, 0.6) is 5.75 Å². The van der Waals surface area contributed by atoms with Crippen LogP contribution in [0.4, 0.5) is 10.5 Å². The average molecular weight is 857 g/mol. The van der Waals surface area contributed by atoms with E-state index in [1.54, 1.807) is 60.7 Å². The van der Waals surface area contributed by atoms with E-state index in [4.69, 9.17) is 20.9 Å². The molecule has 0 radical (unpaired) electrons. The second-order valence-corrected chi connectivity index (χ2v) is 12.7. The molecule has 4 rings (SSSR count). The number of amides is 2. The van der Waals surface area contributed by atoms with Crippen molar-refractivity contribution < 1.29 is 38.6 Å². The van der Waals surface area contributed by atoms with E-state index in [1.165, 1.54) is 19.1 Å². The van der Waals surface area contributed by atoms with Gasteiger partial charge in [0.15, 0.2) is 5.78 Å². The first-order valence-electron chi connectivity index (χ1n) is 16.5. The van der Waals surface area contributed by atoms with Gasteiger partial charge in [-0.05, 0) is 99.8 Å². The second-order valence-electron chi connectivity index (χ2n) is 11.8. The molecule has 4 aromatic rings. The molecular weight excluding hydrogens is 812 g/mol. The van der Waals surface area contributed by atoms with Crippen molar-refractivity contribution in [3.63, 3.8) is 0 Å². The molecular formula is C39H44Br2N4O8. The van der Waals surface area contributed by atoms with E-state index in [0.717, 1.165) is 15.6 Å². The van der Waals surface area contributed by atoms with E-state index in [1.807, 2.05) is 31.2 Å². The minimum atomic E-state index is -1.26. The Morgan fingerprint density at radius 3 is 2.02 bits per heavy atom. The highest BCUT2D eigenvalue weighted by Crippen LogP contribution is 2.18. The van der Waals surface area contributed by atoms with Gasteiger partial charge >= 0.3 is 12.1 Å². The number of ketones is 1. The van der Waals surface area contributed by atoms with Crippen molar-refractivity contribution in [3.05, 3.63) is 129 Å². The lowest BCUT2D eigenvalue weighted by Crippen LogP contribution is -2.52. The molecule has 14 heteroatoms. The summed E-state index contributed by atoms with van der Waals surface area (Å²) in [4.78, 5) is 60.7. The number of carbonyl (C=O) groups excluding carboxylic acids is 4. The van der Waals surface area contributed by atoms with Crippen LogP contribution in [0.15, 0.2) is 102 Å². The molecule has 2 atom stereocenters. The lowest BCUT2D eigenvalue weighted by Gasteiger charge is -2.22. The smallest absolute Gasteiger partial charge is 0.480 e. The minimum absolute atomic E-state index is 0. The summed E-state index contributed by atoms with van der Waals surface area (Å²) >= 11 is 3.39. The monoisotopic (exact) mass is 854 g/mol. The third-order valence-corrected chi connectivity index (χ3v) is 8.46. The molecule has 0 fully saturated rings. The zero-order chi connectivity index (χ0) is 38.0. The van der Waals surface area contributed by atoms with Crippen LogP contribution in [-0.4, -0.2) is 53.5 Å². The molecule has 0 aromatic heterocycles. The maximum Gasteiger partial charge on any atom is 0.514 e. The van der Waals surface area contributed by atoms with E-state index in [2.05, 4.69) is 26.6 Å². The number of anilines is 1. The lowest BCUT2D eigenvalue weighted by molar-refractivity contribution is -0.142. The number of nitrogens with two attached hydrogens (primary N) is 2. The first kappa shape index (κ1) is 44.1. The standard InChI is InChI=1S/C31H34BrN3O7.C8H9NO.BrH/c1-20-9-13-22(14-10-20)28(36)34-26(8-4-5-17-33)29(37)35-27(30(38)39)18-21-11-15-24(16-12-21)42-31(40)41-19-23-6-2-3-7-25(23)32;1-6(10)7-2-4-8(9)5-3-7;/h2-3,6-7,9-16,26-27H,4-5,8,17-19,33H2,1H3,(H,34,36)(H,35,37)(H,38,39);2-5H,9H2,1H3;1H/t26-,27-;;/m0../s1. The minimum Gasteiger partial charge on any atom is -0.480 e. The Balaban J connectivity index is 0.000000762. The van der Waals surface area contributed by atoms with Gasteiger partial charge in [-0.25, -0.2) is 9.59 Å². The molecule has 0 unspecified atom stereocenters. The number of hydrogen-bond acceptors (Lipinski definition) is 9. The maximum atomic E-state index is 13.1. The predicted molar refractivity (Wildman–Crippen MR) is 211 cm³/mol. The molecule has 2 amide bonds. The maximum absolute atomic E-state index is 13.1. The summed E-state index contributed by atoms with van der Waals surface area (Å²) in [6.45, 7) is 3.89. The van der Waals surface area contributed by atoms with Gasteiger partial charge < -0.3 is 36.7 Å². The first-order valence-corrected chi connectivity index (χ1v) is 17.3. The number of ether oxygens (including phenoxy) is 2. The normalized spacial score (nSPS) is 11.3. The first-order chi connectivity index (χ1) is 24.9. The largest absolute Gasteiger partial charge is 0.514 e. The van der Waals surface area contributed by atoms with E-state index in [0.29, 0.717) is 48.2 Å². The average Bonchev–Trinajstić information content (AvgIpc) is 3.12. The van der Waals surface area contributed by atoms with E-state index >= 15 is 0 Å². The lowest BCUT2D eigenvalue weighted by atomic mass is 10.0. The van der Waals surface area contributed by atoms with E-state index in [9.17, 15) is 29.1 Å². The highest BCUT2D eigenvalue weighted by Gasteiger charge is 2.27. The predicted octanol–water partition coefficient (Wildman–Crippen LogP) is 6.56. The Morgan fingerprint density at radius 2 is 1.43 bits per heavy atom. The third-order valence-electron chi connectivity index (χ3n) is 7.68. The number of unbranched alkanes of at least 4 members (excludes halogenated alkanes) is 1.